The van der Waals surface area contributed by atoms with E-state index in [4.69, 9.17) is 11.6 Å². The number of halogens is 1. The zero-order valence-electron chi connectivity index (χ0n) is 13.5. The Balaban J connectivity index is 1.77. The van der Waals surface area contributed by atoms with Gasteiger partial charge in [-0.25, -0.2) is 8.42 Å². The molecule has 25 heavy (non-hydrogen) atoms. The van der Waals surface area contributed by atoms with Crippen LogP contribution in [0.1, 0.15) is 24.1 Å². The van der Waals surface area contributed by atoms with Crippen LogP contribution in [-0.4, -0.2) is 31.2 Å². The quantitative estimate of drug-likeness (QED) is 0.840. The molecule has 8 heteroatoms. The Morgan fingerprint density at radius 1 is 1.24 bits per heavy atom. The third kappa shape index (κ3) is 4.23. The summed E-state index contributed by atoms with van der Waals surface area (Å²) in [4.78, 5) is 13.8. The molecule has 134 valence electrons. The standard InChI is InChI=1S/C17H19ClN2O3S2/c18-13-6-8-15(9-7-13)25(22,23)20-10-2-1-5-16(20)17(21)19-12-14-4-3-11-24-14/h3-4,6-9,11,16H,1-2,5,10,12H2,(H,19,21). The summed E-state index contributed by atoms with van der Waals surface area (Å²) in [6, 6.07) is 9.24. The van der Waals surface area contributed by atoms with E-state index in [1.54, 1.807) is 23.5 Å². The van der Waals surface area contributed by atoms with Crippen molar-refractivity contribution >= 4 is 38.9 Å². The number of rotatable bonds is 5. The average molecular weight is 399 g/mol. The van der Waals surface area contributed by atoms with Gasteiger partial charge in [-0.3, -0.25) is 4.79 Å². The van der Waals surface area contributed by atoms with E-state index in [0.29, 0.717) is 24.5 Å². The fourth-order valence-corrected chi connectivity index (χ4v) is 5.33. The summed E-state index contributed by atoms with van der Waals surface area (Å²) in [6.07, 6.45) is 2.12. The lowest BCUT2D eigenvalue weighted by Crippen LogP contribution is -2.51. The van der Waals surface area contributed by atoms with Crippen molar-refractivity contribution in [3.8, 4) is 0 Å². The number of sulfonamides is 1. The molecular formula is C17H19ClN2O3S2. The largest absolute Gasteiger partial charge is 0.350 e. The number of piperidine rings is 1. The van der Waals surface area contributed by atoms with Gasteiger partial charge in [0.1, 0.15) is 6.04 Å². The number of carbonyl (C=O) groups is 1. The maximum absolute atomic E-state index is 13.0. The fraction of sp³-hybridized carbons (Fsp3) is 0.353. The van der Waals surface area contributed by atoms with Gasteiger partial charge in [-0.05, 0) is 48.6 Å². The van der Waals surface area contributed by atoms with Gasteiger partial charge in [-0.15, -0.1) is 11.3 Å². The van der Waals surface area contributed by atoms with Gasteiger partial charge in [0.25, 0.3) is 0 Å². The Labute approximate surface area is 156 Å². The minimum Gasteiger partial charge on any atom is -0.350 e. The highest BCUT2D eigenvalue weighted by Crippen LogP contribution is 2.26. The van der Waals surface area contributed by atoms with E-state index in [-0.39, 0.29) is 10.8 Å². The molecule has 0 spiro atoms. The first kappa shape index (κ1) is 18.4. The van der Waals surface area contributed by atoms with Crippen LogP contribution in [0.2, 0.25) is 5.02 Å². The topological polar surface area (TPSA) is 66.5 Å². The van der Waals surface area contributed by atoms with Crippen LogP contribution in [0.3, 0.4) is 0 Å². The number of hydrogen-bond acceptors (Lipinski definition) is 4. The van der Waals surface area contributed by atoms with Crippen molar-refractivity contribution < 1.29 is 13.2 Å². The highest BCUT2D eigenvalue weighted by atomic mass is 35.5. The first-order chi connectivity index (χ1) is 12.0. The normalized spacial score (nSPS) is 18.8. The summed E-state index contributed by atoms with van der Waals surface area (Å²) in [7, 11) is -3.73. The van der Waals surface area contributed by atoms with Crippen molar-refractivity contribution in [1.29, 1.82) is 0 Å². The van der Waals surface area contributed by atoms with E-state index in [0.717, 1.165) is 17.7 Å². The minimum atomic E-state index is -3.73. The number of benzene rings is 1. The second kappa shape index (κ2) is 7.86. The van der Waals surface area contributed by atoms with E-state index < -0.39 is 16.1 Å². The fourth-order valence-electron chi connectivity index (χ4n) is 2.90. The molecule has 1 aliphatic heterocycles. The molecule has 5 nitrogen and oxygen atoms in total. The Kier molecular flexibility index (Phi) is 5.78. The van der Waals surface area contributed by atoms with Gasteiger partial charge in [0.05, 0.1) is 11.4 Å². The van der Waals surface area contributed by atoms with Crippen molar-refractivity contribution in [2.24, 2.45) is 0 Å². The van der Waals surface area contributed by atoms with Gasteiger partial charge in [0.15, 0.2) is 0 Å². The van der Waals surface area contributed by atoms with Crippen molar-refractivity contribution in [2.75, 3.05) is 6.54 Å². The molecule has 2 heterocycles. The van der Waals surface area contributed by atoms with E-state index in [1.165, 1.54) is 16.4 Å². The predicted octanol–water partition coefficient (Wildman–Crippen LogP) is 3.26. The summed E-state index contributed by atoms with van der Waals surface area (Å²) in [6.45, 7) is 0.768. The molecule has 1 aromatic carbocycles. The van der Waals surface area contributed by atoms with Crippen molar-refractivity contribution in [1.82, 2.24) is 9.62 Å². The lowest BCUT2D eigenvalue weighted by atomic mass is 10.0. The summed E-state index contributed by atoms with van der Waals surface area (Å²) < 4.78 is 27.2. The molecule has 0 radical (unpaired) electrons. The van der Waals surface area contributed by atoms with Crippen LogP contribution in [0.4, 0.5) is 0 Å². The lowest BCUT2D eigenvalue weighted by molar-refractivity contribution is -0.125. The van der Waals surface area contributed by atoms with E-state index in [2.05, 4.69) is 5.32 Å². The van der Waals surface area contributed by atoms with Gasteiger partial charge < -0.3 is 5.32 Å². The Morgan fingerprint density at radius 3 is 2.68 bits per heavy atom. The van der Waals surface area contributed by atoms with Crippen molar-refractivity contribution in [3.63, 3.8) is 0 Å². The zero-order valence-corrected chi connectivity index (χ0v) is 15.9. The van der Waals surface area contributed by atoms with Crippen LogP contribution < -0.4 is 5.32 Å². The number of nitrogens with zero attached hydrogens (tertiary/aromatic N) is 1. The highest BCUT2D eigenvalue weighted by Gasteiger charge is 2.37. The molecular weight excluding hydrogens is 380 g/mol. The Hall–Kier alpha value is -1.41. The summed E-state index contributed by atoms with van der Waals surface area (Å²) in [5.41, 5.74) is 0. The number of carbonyl (C=O) groups excluding carboxylic acids is 1. The van der Waals surface area contributed by atoms with E-state index >= 15 is 0 Å². The molecule has 1 N–H and O–H groups in total. The van der Waals surface area contributed by atoms with Gasteiger partial charge in [-0.1, -0.05) is 24.1 Å². The zero-order chi connectivity index (χ0) is 17.9. The van der Waals surface area contributed by atoms with Gasteiger partial charge in [0, 0.05) is 16.4 Å². The smallest absolute Gasteiger partial charge is 0.243 e. The maximum atomic E-state index is 13.0. The van der Waals surface area contributed by atoms with Gasteiger partial charge in [-0.2, -0.15) is 4.31 Å². The van der Waals surface area contributed by atoms with Crippen molar-refractivity contribution in [3.05, 3.63) is 51.7 Å². The van der Waals surface area contributed by atoms with Crippen LogP contribution in [0.15, 0.2) is 46.7 Å². The van der Waals surface area contributed by atoms with Crippen LogP contribution in [0, 0.1) is 0 Å². The second-order valence-electron chi connectivity index (χ2n) is 5.88. The summed E-state index contributed by atoms with van der Waals surface area (Å²) in [5, 5.41) is 5.28. The number of nitrogens with one attached hydrogen (secondary N) is 1. The Bertz CT molecular complexity index is 820. The molecule has 1 aliphatic rings. The first-order valence-corrected chi connectivity index (χ1v) is 10.8. The van der Waals surface area contributed by atoms with E-state index in [1.807, 2.05) is 17.5 Å². The highest BCUT2D eigenvalue weighted by molar-refractivity contribution is 7.89. The first-order valence-electron chi connectivity index (χ1n) is 8.06. The van der Waals surface area contributed by atoms with Gasteiger partial charge >= 0.3 is 0 Å². The molecule has 3 rings (SSSR count). The van der Waals surface area contributed by atoms with Crippen LogP contribution in [0.5, 0.6) is 0 Å². The van der Waals surface area contributed by atoms with Crippen LogP contribution >= 0.6 is 22.9 Å². The molecule has 1 aromatic heterocycles. The molecule has 1 unspecified atom stereocenters. The minimum absolute atomic E-state index is 0.162. The SMILES string of the molecule is O=C(NCc1cccs1)C1CCCCN1S(=O)(=O)c1ccc(Cl)cc1. The van der Waals surface area contributed by atoms with Crippen LogP contribution in [-0.2, 0) is 21.4 Å². The van der Waals surface area contributed by atoms with Gasteiger partial charge in [0.2, 0.25) is 15.9 Å². The predicted molar refractivity (Wildman–Crippen MR) is 99.1 cm³/mol. The molecule has 0 saturated carbocycles. The van der Waals surface area contributed by atoms with E-state index in [9.17, 15) is 13.2 Å². The molecule has 1 amide bonds. The molecule has 0 bridgehead atoms. The number of hydrogen-bond donors (Lipinski definition) is 1. The average Bonchev–Trinajstić information content (AvgIpc) is 3.13. The molecule has 1 saturated heterocycles. The lowest BCUT2D eigenvalue weighted by Gasteiger charge is -2.33. The summed E-state index contributed by atoms with van der Waals surface area (Å²) >= 11 is 7.40. The molecule has 1 atom stereocenters. The molecule has 2 aromatic rings. The second-order valence-corrected chi connectivity index (χ2v) is 9.24. The molecule has 1 fully saturated rings. The molecule has 0 aliphatic carbocycles. The monoisotopic (exact) mass is 398 g/mol. The maximum Gasteiger partial charge on any atom is 0.243 e. The number of amides is 1. The third-order valence-electron chi connectivity index (χ3n) is 4.19. The van der Waals surface area contributed by atoms with Crippen LogP contribution in [0.25, 0.3) is 0 Å². The third-order valence-corrected chi connectivity index (χ3v) is 7.24. The van der Waals surface area contributed by atoms with Crippen molar-refractivity contribution in [2.45, 2.75) is 36.7 Å². The summed E-state index contributed by atoms with van der Waals surface area (Å²) in [5.74, 6) is -0.245. The number of thiophene rings is 1. The Morgan fingerprint density at radius 2 is 2.00 bits per heavy atom.